The van der Waals surface area contributed by atoms with Crippen molar-refractivity contribution in [2.45, 2.75) is 13.3 Å². The molecule has 0 bridgehead atoms. The van der Waals surface area contributed by atoms with Gasteiger partial charge in [0.05, 0.1) is 5.75 Å². The fourth-order valence-electron chi connectivity index (χ4n) is 1.68. The van der Waals surface area contributed by atoms with Crippen LogP contribution in [0, 0.1) is 6.92 Å². The number of hydrogen-bond donors (Lipinski definition) is 0. The van der Waals surface area contributed by atoms with Crippen LogP contribution in [-0.2, 0) is 15.5 Å². The average Bonchev–Trinajstić information content (AvgIpc) is 2.53. The fraction of sp³-hybridized carbons (Fsp3) is 0.273. The average molecular weight is 259 g/mol. The highest BCUT2D eigenvalue weighted by molar-refractivity contribution is 8.13. The Morgan fingerprint density at radius 3 is 2.62 bits per heavy atom. The Morgan fingerprint density at radius 2 is 2.00 bits per heavy atom. The Kier molecular flexibility index (Phi) is 2.95. The molecule has 86 valence electrons. The molecule has 0 unspecified atom stereocenters. The molecule has 16 heavy (non-hydrogen) atoms. The van der Waals surface area contributed by atoms with Gasteiger partial charge in [-0.05, 0) is 18.6 Å². The molecule has 0 radical (unpaired) electrons. The number of fused-ring (bicyclic) bond motifs is 1. The first-order chi connectivity index (χ1) is 7.47. The maximum atomic E-state index is 10.9. The van der Waals surface area contributed by atoms with Crippen LogP contribution in [0.15, 0.2) is 28.7 Å². The predicted molar refractivity (Wildman–Crippen MR) is 64.3 cm³/mol. The summed E-state index contributed by atoms with van der Waals surface area (Å²) in [5, 5.41) is 1.02. The molecule has 3 nitrogen and oxygen atoms in total. The number of rotatable bonds is 3. The van der Waals surface area contributed by atoms with Gasteiger partial charge in [0.15, 0.2) is 0 Å². The second kappa shape index (κ2) is 4.11. The molecule has 0 saturated carbocycles. The van der Waals surface area contributed by atoms with Gasteiger partial charge < -0.3 is 4.42 Å². The molecular formula is C11H11ClO3S. The van der Waals surface area contributed by atoms with E-state index in [0.717, 1.165) is 16.5 Å². The van der Waals surface area contributed by atoms with E-state index in [1.54, 1.807) is 0 Å². The highest BCUT2D eigenvalue weighted by atomic mass is 35.7. The Hall–Kier alpha value is -1.00. The van der Waals surface area contributed by atoms with Crippen LogP contribution < -0.4 is 0 Å². The normalized spacial score (nSPS) is 12.1. The number of benzene rings is 1. The quantitative estimate of drug-likeness (QED) is 0.796. The van der Waals surface area contributed by atoms with Crippen LogP contribution in [0.3, 0.4) is 0 Å². The maximum absolute atomic E-state index is 10.9. The summed E-state index contributed by atoms with van der Waals surface area (Å²) >= 11 is 0. The van der Waals surface area contributed by atoms with Crippen LogP contribution in [-0.4, -0.2) is 14.2 Å². The monoisotopic (exact) mass is 258 g/mol. The van der Waals surface area contributed by atoms with Crippen molar-refractivity contribution < 1.29 is 12.8 Å². The molecule has 1 aromatic carbocycles. The molecule has 0 fully saturated rings. The van der Waals surface area contributed by atoms with E-state index >= 15 is 0 Å². The van der Waals surface area contributed by atoms with Crippen LogP contribution in [0.25, 0.3) is 11.0 Å². The summed E-state index contributed by atoms with van der Waals surface area (Å²) in [7, 11) is 1.70. The van der Waals surface area contributed by atoms with Gasteiger partial charge in [-0.15, -0.1) is 0 Å². The molecule has 1 heterocycles. The van der Waals surface area contributed by atoms with Crippen molar-refractivity contribution in [1.29, 1.82) is 0 Å². The van der Waals surface area contributed by atoms with Crippen LogP contribution in [0.4, 0.5) is 0 Å². The molecule has 1 aromatic heterocycles. The van der Waals surface area contributed by atoms with Crippen molar-refractivity contribution in [1.82, 2.24) is 0 Å². The first-order valence-electron chi connectivity index (χ1n) is 4.87. The molecular weight excluding hydrogens is 248 g/mol. The lowest BCUT2D eigenvalue weighted by Crippen LogP contribution is -2.00. The minimum absolute atomic E-state index is 0.102. The van der Waals surface area contributed by atoms with E-state index in [9.17, 15) is 8.42 Å². The Bertz CT molecular complexity index is 613. The molecule has 0 spiro atoms. The first-order valence-corrected chi connectivity index (χ1v) is 7.34. The van der Waals surface area contributed by atoms with E-state index in [1.807, 2.05) is 31.2 Å². The number of hydrogen-bond acceptors (Lipinski definition) is 3. The zero-order valence-electron chi connectivity index (χ0n) is 8.73. The number of furan rings is 1. The molecule has 2 aromatic rings. The van der Waals surface area contributed by atoms with E-state index in [-0.39, 0.29) is 5.75 Å². The van der Waals surface area contributed by atoms with Gasteiger partial charge in [0.25, 0.3) is 0 Å². The summed E-state index contributed by atoms with van der Waals surface area (Å²) in [6, 6.07) is 7.62. The summed E-state index contributed by atoms with van der Waals surface area (Å²) in [6.45, 7) is 1.92. The van der Waals surface area contributed by atoms with Crippen molar-refractivity contribution in [3.63, 3.8) is 0 Å². The zero-order valence-corrected chi connectivity index (χ0v) is 10.3. The lowest BCUT2D eigenvalue weighted by Gasteiger charge is -1.95. The largest absolute Gasteiger partial charge is 0.461 e. The topological polar surface area (TPSA) is 47.3 Å². The fourth-order valence-corrected chi connectivity index (χ4v) is 2.34. The van der Waals surface area contributed by atoms with E-state index in [1.165, 1.54) is 0 Å². The van der Waals surface area contributed by atoms with Crippen molar-refractivity contribution in [3.05, 3.63) is 35.6 Å². The van der Waals surface area contributed by atoms with Crippen molar-refractivity contribution in [2.24, 2.45) is 0 Å². The lowest BCUT2D eigenvalue weighted by molar-refractivity contribution is 0.549. The third-order valence-electron chi connectivity index (χ3n) is 2.52. The SMILES string of the molecule is Cc1c(CCS(=O)(=O)Cl)oc2ccccc12. The standard InChI is InChI=1S/C11H11ClO3S/c1-8-9-4-2-3-5-11(9)15-10(8)6-7-16(12,13)14/h2-5H,6-7H2,1H3. The molecule has 0 N–H and O–H groups in total. The summed E-state index contributed by atoms with van der Waals surface area (Å²) in [6.07, 6.45) is 0.312. The summed E-state index contributed by atoms with van der Waals surface area (Å²) in [5.74, 6) is 0.584. The molecule has 0 aliphatic carbocycles. The molecule has 0 amide bonds. The maximum Gasteiger partial charge on any atom is 0.233 e. The van der Waals surface area contributed by atoms with Gasteiger partial charge in [0, 0.05) is 22.5 Å². The number of halogens is 1. The Balaban J connectivity index is 2.35. The van der Waals surface area contributed by atoms with Crippen molar-refractivity contribution >= 4 is 30.7 Å². The van der Waals surface area contributed by atoms with Crippen LogP contribution in [0.2, 0.25) is 0 Å². The summed E-state index contributed by atoms with van der Waals surface area (Å²) in [4.78, 5) is 0. The van der Waals surface area contributed by atoms with Gasteiger partial charge in [-0.3, -0.25) is 0 Å². The third kappa shape index (κ3) is 2.39. The summed E-state index contributed by atoms with van der Waals surface area (Å²) in [5.41, 5.74) is 1.76. The van der Waals surface area contributed by atoms with Gasteiger partial charge in [-0.25, -0.2) is 8.42 Å². The van der Waals surface area contributed by atoms with E-state index in [2.05, 4.69) is 0 Å². The number of para-hydroxylation sites is 1. The van der Waals surface area contributed by atoms with Crippen molar-refractivity contribution in [3.8, 4) is 0 Å². The predicted octanol–water partition coefficient (Wildman–Crippen LogP) is 2.85. The van der Waals surface area contributed by atoms with Gasteiger partial charge >= 0.3 is 0 Å². The Morgan fingerprint density at radius 1 is 1.31 bits per heavy atom. The highest BCUT2D eigenvalue weighted by Crippen LogP contribution is 2.25. The second-order valence-corrected chi connectivity index (χ2v) is 6.54. The van der Waals surface area contributed by atoms with Crippen LogP contribution in [0.1, 0.15) is 11.3 Å². The van der Waals surface area contributed by atoms with E-state index in [0.29, 0.717) is 12.2 Å². The molecule has 0 aliphatic rings. The van der Waals surface area contributed by atoms with E-state index < -0.39 is 9.05 Å². The molecule has 5 heteroatoms. The number of aryl methyl sites for hydroxylation is 2. The zero-order chi connectivity index (χ0) is 11.8. The Labute approximate surface area is 98.4 Å². The van der Waals surface area contributed by atoms with E-state index in [4.69, 9.17) is 15.1 Å². The third-order valence-corrected chi connectivity index (χ3v) is 3.67. The minimum Gasteiger partial charge on any atom is -0.461 e. The second-order valence-electron chi connectivity index (χ2n) is 3.64. The van der Waals surface area contributed by atoms with Crippen LogP contribution in [0.5, 0.6) is 0 Å². The molecule has 0 aliphatic heterocycles. The highest BCUT2D eigenvalue weighted by Gasteiger charge is 2.13. The first kappa shape index (κ1) is 11.5. The van der Waals surface area contributed by atoms with Gasteiger partial charge in [-0.1, -0.05) is 18.2 Å². The van der Waals surface area contributed by atoms with Crippen molar-refractivity contribution in [2.75, 3.05) is 5.75 Å². The van der Waals surface area contributed by atoms with Gasteiger partial charge in [0.2, 0.25) is 9.05 Å². The summed E-state index contributed by atoms with van der Waals surface area (Å²) < 4.78 is 27.3. The van der Waals surface area contributed by atoms with Crippen LogP contribution >= 0.6 is 10.7 Å². The minimum atomic E-state index is -3.46. The lowest BCUT2D eigenvalue weighted by atomic mass is 10.1. The molecule has 0 atom stereocenters. The van der Waals surface area contributed by atoms with Gasteiger partial charge in [-0.2, -0.15) is 0 Å². The smallest absolute Gasteiger partial charge is 0.233 e. The molecule has 2 rings (SSSR count). The molecule has 0 saturated heterocycles. The van der Waals surface area contributed by atoms with Gasteiger partial charge in [0.1, 0.15) is 11.3 Å².